The van der Waals surface area contributed by atoms with Crippen LogP contribution in [0.25, 0.3) is 21.7 Å². The number of nitrogens with zero attached hydrogens (tertiary/aromatic N) is 1. The first kappa shape index (κ1) is 11.2. The summed E-state index contributed by atoms with van der Waals surface area (Å²) in [5, 5.41) is 2.40. The van der Waals surface area contributed by atoms with Crippen LogP contribution in [-0.4, -0.2) is 23.8 Å². The Labute approximate surface area is 114 Å². The Hall–Kier alpha value is -2.62. The maximum Gasteiger partial charge on any atom is 0.261 e. The molecule has 0 radical (unpaired) electrons. The van der Waals surface area contributed by atoms with Crippen molar-refractivity contribution in [1.82, 2.24) is 4.90 Å². The van der Waals surface area contributed by atoms with Crippen molar-refractivity contribution >= 4 is 33.6 Å². The summed E-state index contributed by atoms with van der Waals surface area (Å²) in [7, 11) is 1.51. The van der Waals surface area contributed by atoms with Crippen molar-refractivity contribution in [3.05, 3.63) is 47.2 Å². The van der Waals surface area contributed by atoms with Gasteiger partial charge in [0.1, 0.15) is 11.3 Å². The maximum atomic E-state index is 12.3. The molecule has 2 aromatic carbocycles. The fourth-order valence-electron chi connectivity index (χ4n) is 2.91. The monoisotopic (exact) mass is 265 g/mol. The van der Waals surface area contributed by atoms with Gasteiger partial charge in [0.15, 0.2) is 0 Å². The first-order chi connectivity index (χ1) is 9.58. The molecule has 0 spiro atoms. The molecule has 0 unspecified atom stereocenters. The summed E-state index contributed by atoms with van der Waals surface area (Å²) in [6.07, 6.45) is 0. The fourth-order valence-corrected chi connectivity index (χ4v) is 2.91. The van der Waals surface area contributed by atoms with Crippen molar-refractivity contribution in [2.45, 2.75) is 6.92 Å². The van der Waals surface area contributed by atoms with Crippen LogP contribution in [0, 0.1) is 6.92 Å². The van der Waals surface area contributed by atoms with E-state index in [-0.39, 0.29) is 11.8 Å². The highest BCUT2D eigenvalue weighted by molar-refractivity contribution is 6.28. The molecule has 2 amide bonds. The summed E-state index contributed by atoms with van der Waals surface area (Å²) in [6, 6.07) is 9.17. The summed E-state index contributed by atoms with van der Waals surface area (Å²) < 4.78 is 5.72. The van der Waals surface area contributed by atoms with E-state index in [4.69, 9.17) is 4.42 Å². The lowest BCUT2D eigenvalue weighted by Gasteiger charge is -2.23. The number of aryl methyl sites for hydroxylation is 1. The van der Waals surface area contributed by atoms with Crippen LogP contribution in [0.15, 0.2) is 34.7 Å². The summed E-state index contributed by atoms with van der Waals surface area (Å²) in [5.74, 6) is 0.255. The lowest BCUT2D eigenvalue weighted by Crippen LogP contribution is -2.36. The van der Waals surface area contributed by atoms with Crippen LogP contribution in [0.2, 0.25) is 0 Å². The number of benzene rings is 2. The summed E-state index contributed by atoms with van der Waals surface area (Å²) >= 11 is 0. The highest BCUT2D eigenvalue weighted by Gasteiger charge is 2.31. The van der Waals surface area contributed by atoms with Crippen LogP contribution < -0.4 is 0 Å². The van der Waals surface area contributed by atoms with Crippen LogP contribution in [0.3, 0.4) is 0 Å². The molecular formula is C16H11NO3. The number of carbonyl (C=O) groups is 2. The Morgan fingerprint density at radius 1 is 1.05 bits per heavy atom. The molecule has 98 valence electrons. The zero-order chi connectivity index (χ0) is 14.0. The van der Waals surface area contributed by atoms with E-state index in [0.717, 1.165) is 27.0 Å². The van der Waals surface area contributed by atoms with Gasteiger partial charge in [0.05, 0.1) is 0 Å². The molecule has 0 fully saturated rings. The third-order valence-electron chi connectivity index (χ3n) is 3.83. The molecule has 2 heterocycles. The maximum absolute atomic E-state index is 12.3. The Morgan fingerprint density at radius 2 is 1.80 bits per heavy atom. The zero-order valence-corrected chi connectivity index (χ0v) is 11.1. The minimum atomic E-state index is -0.268. The third kappa shape index (κ3) is 1.20. The molecule has 1 aromatic heterocycles. The zero-order valence-electron chi connectivity index (χ0n) is 11.1. The second-order valence-corrected chi connectivity index (χ2v) is 5.10. The van der Waals surface area contributed by atoms with Gasteiger partial charge in [-0.05, 0) is 25.1 Å². The highest BCUT2D eigenvalue weighted by Crippen LogP contribution is 2.36. The smallest absolute Gasteiger partial charge is 0.261 e. The summed E-state index contributed by atoms with van der Waals surface area (Å²) in [5.41, 5.74) is 1.84. The minimum absolute atomic E-state index is 0.264. The van der Waals surface area contributed by atoms with Crippen LogP contribution in [-0.2, 0) is 0 Å². The minimum Gasteiger partial charge on any atom is -0.461 e. The molecule has 0 atom stereocenters. The van der Waals surface area contributed by atoms with Gasteiger partial charge in [0, 0.05) is 34.3 Å². The van der Waals surface area contributed by atoms with Crippen LogP contribution in [0.5, 0.6) is 0 Å². The van der Waals surface area contributed by atoms with Crippen molar-refractivity contribution in [3.8, 4) is 0 Å². The van der Waals surface area contributed by atoms with E-state index in [1.807, 2.05) is 31.2 Å². The SMILES string of the molecule is Cc1cc2cc3c4c(cccc4c2o1)C(=O)N(C)C3=O. The molecule has 1 aliphatic heterocycles. The van der Waals surface area contributed by atoms with Gasteiger partial charge in [-0.25, -0.2) is 0 Å². The number of hydrogen-bond donors (Lipinski definition) is 0. The fraction of sp³-hybridized carbons (Fsp3) is 0.125. The first-order valence-corrected chi connectivity index (χ1v) is 6.36. The average molecular weight is 265 g/mol. The highest BCUT2D eigenvalue weighted by atomic mass is 16.3. The number of furan rings is 1. The Kier molecular flexibility index (Phi) is 1.95. The van der Waals surface area contributed by atoms with Crippen molar-refractivity contribution in [2.75, 3.05) is 7.05 Å². The molecule has 20 heavy (non-hydrogen) atoms. The number of fused-ring (bicyclic) bond motifs is 2. The molecule has 4 nitrogen and oxygen atoms in total. The molecule has 3 aromatic rings. The van der Waals surface area contributed by atoms with Gasteiger partial charge >= 0.3 is 0 Å². The predicted molar refractivity (Wildman–Crippen MR) is 74.9 cm³/mol. The van der Waals surface area contributed by atoms with Crippen molar-refractivity contribution in [1.29, 1.82) is 0 Å². The van der Waals surface area contributed by atoms with Gasteiger partial charge in [-0.15, -0.1) is 0 Å². The van der Waals surface area contributed by atoms with Gasteiger partial charge in [0.2, 0.25) is 0 Å². The van der Waals surface area contributed by atoms with Crippen molar-refractivity contribution in [2.24, 2.45) is 0 Å². The van der Waals surface area contributed by atoms with Gasteiger partial charge in [0.25, 0.3) is 11.8 Å². The van der Waals surface area contributed by atoms with Crippen LogP contribution >= 0.6 is 0 Å². The van der Waals surface area contributed by atoms with E-state index in [9.17, 15) is 9.59 Å². The van der Waals surface area contributed by atoms with Crippen LogP contribution in [0.1, 0.15) is 26.5 Å². The van der Waals surface area contributed by atoms with E-state index >= 15 is 0 Å². The molecule has 0 saturated heterocycles. The van der Waals surface area contributed by atoms with Crippen molar-refractivity contribution in [3.63, 3.8) is 0 Å². The Bertz CT molecular complexity index is 920. The van der Waals surface area contributed by atoms with Gasteiger partial charge in [-0.2, -0.15) is 0 Å². The molecule has 4 heteroatoms. The number of amides is 2. The standard InChI is InChI=1S/C16H11NO3/c1-8-6-9-7-12-13-10(14(9)20-8)4-3-5-11(13)15(18)17(2)16(12)19/h3-7H,1-2H3. The average Bonchev–Trinajstić information content (AvgIpc) is 2.82. The predicted octanol–water partition coefficient (Wildman–Crippen LogP) is 3.12. The molecular weight excluding hydrogens is 254 g/mol. The quantitative estimate of drug-likeness (QED) is 0.587. The Balaban J connectivity index is 2.30. The number of rotatable bonds is 0. The van der Waals surface area contributed by atoms with E-state index in [2.05, 4.69) is 0 Å². The van der Waals surface area contributed by atoms with Crippen LogP contribution in [0.4, 0.5) is 0 Å². The summed E-state index contributed by atoms with van der Waals surface area (Å²) in [4.78, 5) is 25.7. The normalized spacial score (nSPS) is 14.6. The first-order valence-electron chi connectivity index (χ1n) is 6.36. The van der Waals surface area contributed by atoms with Crippen molar-refractivity contribution < 1.29 is 14.0 Å². The second-order valence-electron chi connectivity index (χ2n) is 5.10. The molecule has 0 aliphatic carbocycles. The molecule has 0 saturated carbocycles. The van der Waals surface area contributed by atoms with Gasteiger partial charge in [-0.3, -0.25) is 14.5 Å². The lowest BCUT2D eigenvalue weighted by atomic mass is 9.93. The van der Waals surface area contributed by atoms with Gasteiger partial charge < -0.3 is 4.42 Å². The molecule has 1 aliphatic rings. The third-order valence-corrected chi connectivity index (χ3v) is 3.83. The largest absolute Gasteiger partial charge is 0.461 e. The molecule has 0 bridgehead atoms. The topological polar surface area (TPSA) is 50.5 Å². The molecule has 0 N–H and O–H groups in total. The van der Waals surface area contributed by atoms with E-state index in [1.165, 1.54) is 7.05 Å². The van der Waals surface area contributed by atoms with E-state index < -0.39 is 0 Å². The Morgan fingerprint density at radius 3 is 2.60 bits per heavy atom. The number of imide groups is 1. The number of hydrogen-bond acceptors (Lipinski definition) is 3. The second kappa shape index (κ2) is 3.48. The lowest BCUT2D eigenvalue weighted by molar-refractivity contribution is 0.0651. The van der Waals surface area contributed by atoms with E-state index in [1.54, 1.807) is 6.07 Å². The molecule has 4 rings (SSSR count). The number of carbonyl (C=O) groups excluding carboxylic acids is 2. The summed E-state index contributed by atoms with van der Waals surface area (Å²) in [6.45, 7) is 1.87. The van der Waals surface area contributed by atoms with Gasteiger partial charge in [-0.1, -0.05) is 12.1 Å². The van der Waals surface area contributed by atoms with E-state index in [0.29, 0.717) is 16.5 Å².